The SMILES string of the molecule is COC(=O)c1cnc2ccc(Br)cc2c1.OCc1cnc2ccc(Br)cc2c1. The van der Waals surface area contributed by atoms with Crippen LogP contribution in [0.5, 0.6) is 0 Å². The summed E-state index contributed by atoms with van der Waals surface area (Å²) in [6.07, 6.45) is 3.21. The first-order valence-corrected chi connectivity index (χ1v) is 9.87. The molecule has 0 unspecified atom stereocenters. The van der Waals surface area contributed by atoms with E-state index in [1.165, 1.54) is 13.3 Å². The number of halogens is 2. The molecule has 0 bridgehead atoms. The van der Waals surface area contributed by atoms with E-state index in [1.54, 1.807) is 12.3 Å². The van der Waals surface area contributed by atoms with Gasteiger partial charge in [0.1, 0.15) is 0 Å². The molecule has 2 heterocycles. The Morgan fingerprint density at radius 3 is 2.07 bits per heavy atom. The van der Waals surface area contributed by atoms with Crippen molar-refractivity contribution in [2.75, 3.05) is 7.11 Å². The van der Waals surface area contributed by atoms with Crippen LogP contribution in [-0.4, -0.2) is 28.2 Å². The predicted octanol–water partition coefficient (Wildman–Crippen LogP) is 5.27. The zero-order valence-corrected chi connectivity index (χ0v) is 18.1. The Hall–Kier alpha value is -2.35. The number of carbonyl (C=O) groups is 1. The number of rotatable bonds is 2. The standard InChI is InChI=1S/C11H8BrNO2.C10H8BrNO/c1-15-11(14)8-4-7-5-9(12)2-3-10(7)13-6-8;11-9-1-2-10-8(4-9)3-7(6-13)5-12-10/h2-6H,1H3;1-5,13H,6H2. The van der Waals surface area contributed by atoms with Crippen LogP contribution in [0.4, 0.5) is 0 Å². The molecule has 1 N–H and O–H groups in total. The van der Waals surface area contributed by atoms with Gasteiger partial charge >= 0.3 is 5.97 Å². The first kappa shape index (κ1) is 20.4. The first-order chi connectivity index (χ1) is 13.5. The Balaban J connectivity index is 0.000000162. The Bertz CT molecular complexity index is 1150. The maximum Gasteiger partial charge on any atom is 0.339 e. The Morgan fingerprint density at radius 2 is 1.50 bits per heavy atom. The summed E-state index contributed by atoms with van der Waals surface area (Å²) in [4.78, 5) is 19.6. The predicted molar refractivity (Wildman–Crippen MR) is 116 cm³/mol. The smallest absolute Gasteiger partial charge is 0.339 e. The van der Waals surface area contributed by atoms with Gasteiger partial charge in [-0.3, -0.25) is 9.97 Å². The summed E-state index contributed by atoms with van der Waals surface area (Å²) in [7, 11) is 1.35. The van der Waals surface area contributed by atoms with Crippen molar-refractivity contribution >= 4 is 59.6 Å². The van der Waals surface area contributed by atoms with Gasteiger partial charge < -0.3 is 9.84 Å². The van der Waals surface area contributed by atoms with Gasteiger partial charge in [0.25, 0.3) is 0 Å². The van der Waals surface area contributed by atoms with Crippen LogP contribution < -0.4 is 0 Å². The molecular formula is C21H16Br2N2O3. The number of hydrogen-bond donors (Lipinski definition) is 1. The number of aliphatic hydroxyl groups excluding tert-OH is 1. The number of methoxy groups -OCH3 is 1. The van der Waals surface area contributed by atoms with Gasteiger partial charge in [-0.15, -0.1) is 0 Å². The lowest BCUT2D eigenvalue weighted by atomic mass is 10.1. The Labute approximate surface area is 178 Å². The summed E-state index contributed by atoms with van der Waals surface area (Å²) in [6, 6.07) is 15.3. The van der Waals surface area contributed by atoms with Crippen LogP contribution in [0.2, 0.25) is 0 Å². The van der Waals surface area contributed by atoms with Gasteiger partial charge in [-0.25, -0.2) is 4.79 Å². The molecule has 0 saturated carbocycles. The molecule has 2 aromatic carbocycles. The molecule has 0 radical (unpaired) electrons. The maximum atomic E-state index is 11.3. The molecule has 28 heavy (non-hydrogen) atoms. The number of carbonyl (C=O) groups excluding carboxylic acids is 1. The minimum atomic E-state index is -0.371. The molecule has 0 saturated heterocycles. The number of nitrogens with zero attached hydrogens (tertiary/aromatic N) is 2. The van der Waals surface area contributed by atoms with Gasteiger partial charge in [0.2, 0.25) is 0 Å². The first-order valence-electron chi connectivity index (χ1n) is 8.29. The minimum Gasteiger partial charge on any atom is -0.465 e. The molecule has 7 heteroatoms. The third-order valence-corrected chi connectivity index (χ3v) is 4.93. The van der Waals surface area contributed by atoms with Gasteiger partial charge in [-0.05, 0) is 54.1 Å². The van der Waals surface area contributed by atoms with E-state index >= 15 is 0 Å². The highest BCUT2D eigenvalue weighted by Gasteiger charge is 2.06. The van der Waals surface area contributed by atoms with Crippen molar-refractivity contribution in [3.63, 3.8) is 0 Å². The quantitative estimate of drug-likeness (QED) is 0.377. The van der Waals surface area contributed by atoms with Crippen molar-refractivity contribution in [1.29, 1.82) is 0 Å². The van der Waals surface area contributed by atoms with Crippen molar-refractivity contribution in [3.05, 3.63) is 81.0 Å². The number of esters is 1. The molecule has 2 aromatic heterocycles. The Morgan fingerprint density at radius 1 is 0.929 bits per heavy atom. The van der Waals surface area contributed by atoms with E-state index in [4.69, 9.17) is 5.11 Å². The number of hydrogen-bond acceptors (Lipinski definition) is 5. The summed E-state index contributed by atoms with van der Waals surface area (Å²) in [5.41, 5.74) is 3.10. The normalized spacial score (nSPS) is 10.4. The van der Waals surface area contributed by atoms with Crippen LogP contribution in [0, 0.1) is 0 Å². The minimum absolute atomic E-state index is 0.0372. The summed E-state index contributed by atoms with van der Waals surface area (Å²) >= 11 is 6.76. The fourth-order valence-corrected chi connectivity index (χ4v) is 3.32. The van der Waals surface area contributed by atoms with Crippen LogP contribution in [0.3, 0.4) is 0 Å². The van der Waals surface area contributed by atoms with Gasteiger partial charge in [0, 0.05) is 32.1 Å². The molecule has 0 spiro atoms. The van der Waals surface area contributed by atoms with Gasteiger partial charge in [-0.2, -0.15) is 0 Å². The molecule has 142 valence electrons. The molecule has 0 atom stereocenters. The lowest BCUT2D eigenvalue weighted by Gasteiger charge is -2.01. The summed E-state index contributed by atoms with van der Waals surface area (Å²) in [5.74, 6) is -0.371. The third kappa shape index (κ3) is 4.92. The van der Waals surface area contributed by atoms with Crippen molar-refractivity contribution in [1.82, 2.24) is 9.97 Å². The van der Waals surface area contributed by atoms with Crippen LogP contribution in [0.1, 0.15) is 15.9 Å². The van der Waals surface area contributed by atoms with E-state index in [0.717, 1.165) is 36.3 Å². The highest BCUT2D eigenvalue weighted by molar-refractivity contribution is 9.10. The number of benzene rings is 2. The summed E-state index contributed by atoms with van der Waals surface area (Å²) < 4.78 is 6.61. The van der Waals surface area contributed by atoms with Crippen molar-refractivity contribution < 1.29 is 14.6 Å². The fraction of sp³-hybridized carbons (Fsp3) is 0.0952. The van der Waals surface area contributed by atoms with E-state index in [-0.39, 0.29) is 12.6 Å². The third-order valence-electron chi connectivity index (χ3n) is 3.95. The summed E-state index contributed by atoms with van der Waals surface area (Å²) in [5, 5.41) is 10.9. The Kier molecular flexibility index (Phi) is 6.72. The van der Waals surface area contributed by atoms with Crippen molar-refractivity contribution in [2.24, 2.45) is 0 Å². The molecule has 0 amide bonds. The second-order valence-electron chi connectivity index (χ2n) is 5.89. The van der Waals surface area contributed by atoms with E-state index in [2.05, 4.69) is 46.6 Å². The highest BCUT2D eigenvalue weighted by Crippen LogP contribution is 2.20. The van der Waals surface area contributed by atoms with Crippen LogP contribution in [-0.2, 0) is 11.3 Å². The maximum absolute atomic E-state index is 11.3. The van der Waals surface area contributed by atoms with Crippen LogP contribution in [0.15, 0.2) is 69.9 Å². The van der Waals surface area contributed by atoms with E-state index in [1.807, 2.05) is 42.5 Å². The average molecular weight is 504 g/mol. The average Bonchev–Trinajstić information content (AvgIpc) is 2.72. The van der Waals surface area contributed by atoms with Gasteiger partial charge in [-0.1, -0.05) is 31.9 Å². The molecule has 0 aliphatic heterocycles. The van der Waals surface area contributed by atoms with E-state index in [0.29, 0.717) is 5.56 Å². The van der Waals surface area contributed by atoms with Crippen molar-refractivity contribution in [2.45, 2.75) is 6.61 Å². The number of fused-ring (bicyclic) bond motifs is 2. The fourth-order valence-electron chi connectivity index (χ4n) is 2.57. The molecule has 0 aliphatic carbocycles. The van der Waals surface area contributed by atoms with Crippen molar-refractivity contribution in [3.8, 4) is 0 Å². The summed E-state index contributed by atoms with van der Waals surface area (Å²) in [6.45, 7) is 0.0372. The van der Waals surface area contributed by atoms with Crippen LogP contribution >= 0.6 is 31.9 Å². The number of pyridine rings is 2. The molecule has 5 nitrogen and oxygen atoms in total. The molecule has 0 fully saturated rings. The zero-order chi connectivity index (χ0) is 20.1. The molecule has 4 aromatic rings. The number of aliphatic hydroxyl groups is 1. The molecule has 0 aliphatic rings. The second kappa shape index (κ2) is 9.23. The van der Waals surface area contributed by atoms with E-state index < -0.39 is 0 Å². The monoisotopic (exact) mass is 502 g/mol. The zero-order valence-electron chi connectivity index (χ0n) is 14.9. The van der Waals surface area contributed by atoms with E-state index in [9.17, 15) is 4.79 Å². The molecule has 4 rings (SSSR count). The number of aromatic nitrogens is 2. The highest BCUT2D eigenvalue weighted by atomic mass is 79.9. The topological polar surface area (TPSA) is 72.3 Å². The largest absolute Gasteiger partial charge is 0.465 e. The molecular weight excluding hydrogens is 488 g/mol. The van der Waals surface area contributed by atoms with Crippen LogP contribution in [0.25, 0.3) is 21.8 Å². The lowest BCUT2D eigenvalue weighted by molar-refractivity contribution is 0.0600. The van der Waals surface area contributed by atoms with Gasteiger partial charge in [0.05, 0.1) is 30.3 Å². The van der Waals surface area contributed by atoms with Gasteiger partial charge in [0.15, 0.2) is 0 Å². The lowest BCUT2D eigenvalue weighted by Crippen LogP contribution is -2.01. The number of ether oxygens (including phenoxy) is 1. The second-order valence-corrected chi connectivity index (χ2v) is 7.72.